The van der Waals surface area contributed by atoms with Gasteiger partial charge in [0.2, 0.25) is 0 Å². The Morgan fingerprint density at radius 2 is 1.88 bits per heavy atom. The van der Waals surface area contributed by atoms with Crippen LogP contribution in [0.5, 0.6) is 5.75 Å². The third kappa shape index (κ3) is 8.43. The van der Waals surface area contributed by atoms with Gasteiger partial charge in [0.05, 0.1) is 6.61 Å². The number of thioether (sulfide) groups is 1. The number of hydrogen-bond donors (Lipinski definition) is 4. The molecule has 33 heavy (non-hydrogen) atoms. The number of amides is 2. The van der Waals surface area contributed by atoms with Crippen molar-refractivity contribution in [3.8, 4) is 5.75 Å². The van der Waals surface area contributed by atoms with Crippen molar-refractivity contribution in [1.82, 2.24) is 5.48 Å². The largest absolute Gasteiger partial charge is 0.491 e. The number of aliphatic hydroxyl groups excluding tert-OH is 1. The zero-order valence-corrected chi connectivity index (χ0v) is 19.2. The molecule has 10 heteroatoms. The Morgan fingerprint density at radius 1 is 1.15 bits per heavy atom. The van der Waals surface area contributed by atoms with E-state index in [0.717, 1.165) is 11.0 Å². The first-order chi connectivity index (χ1) is 16.0. The minimum atomic E-state index is -1.01. The van der Waals surface area contributed by atoms with Gasteiger partial charge in [0.1, 0.15) is 18.5 Å². The van der Waals surface area contributed by atoms with Gasteiger partial charge in [0, 0.05) is 28.8 Å². The van der Waals surface area contributed by atoms with Crippen molar-refractivity contribution in [1.29, 1.82) is 0 Å². The van der Waals surface area contributed by atoms with E-state index in [-0.39, 0.29) is 19.8 Å². The molecule has 0 aliphatic heterocycles. The molecule has 0 unspecified atom stereocenters. The van der Waals surface area contributed by atoms with E-state index in [9.17, 15) is 9.59 Å². The molecule has 9 nitrogen and oxygen atoms in total. The Bertz CT molecular complexity index is 921. The fraction of sp³-hybridized carbons (Fsp3) is 0.304. The van der Waals surface area contributed by atoms with Gasteiger partial charge in [0.25, 0.3) is 5.91 Å². The maximum Gasteiger partial charge on any atom is 0.412 e. The van der Waals surface area contributed by atoms with Gasteiger partial charge in [-0.05, 0) is 49.6 Å². The minimum Gasteiger partial charge on any atom is -0.491 e. The molecule has 178 valence electrons. The third-order valence-electron chi connectivity index (χ3n) is 4.35. The van der Waals surface area contributed by atoms with Crippen LogP contribution in [0, 0.1) is 0 Å². The van der Waals surface area contributed by atoms with Crippen molar-refractivity contribution in [2.24, 2.45) is 0 Å². The molecule has 0 aromatic heterocycles. The molecule has 2 atom stereocenters. The van der Waals surface area contributed by atoms with E-state index in [1.165, 1.54) is 11.6 Å². The first-order valence-corrected chi connectivity index (χ1v) is 11.4. The summed E-state index contributed by atoms with van der Waals surface area (Å²) in [5.41, 5.74) is 2.53. The lowest BCUT2D eigenvalue weighted by atomic mass is 10.0. The quantitative estimate of drug-likeness (QED) is 0.159. The SMILES string of the molecule is CCO[C@@H](/C=C/C(=O)NO)[C@@H](OC(=O)Nc1ccc(SC)cc1)c1ccccc1OCCO. The number of anilines is 1. The van der Waals surface area contributed by atoms with E-state index < -0.39 is 24.2 Å². The highest BCUT2D eigenvalue weighted by Crippen LogP contribution is 2.33. The Balaban J connectivity index is 2.35. The van der Waals surface area contributed by atoms with Gasteiger partial charge in [-0.3, -0.25) is 15.3 Å². The Labute approximate surface area is 196 Å². The van der Waals surface area contributed by atoms with Gasteiger partial charge in [-0.2, -0.15) is 0 Å². The maximum absolute atomic E-state index is 12.8. The second kappa shape index (κ2) is 14.2. The smallest absolute Gasteiger partial charge is 0.412 e. The molecule has 2 aromatic rings. The van der Waals surface area contributed by atoms with Crippen LogP contribution in [0.4, 0.5) is 10.5 Å². The van der Waals surface area contributed by atoms with E-state index in [2.05, 4.69) is 5.32 Å². The summed E-state index contributed by atoms with van der Waals surface area (Å²) < 4.78 is 17.1. The summed E-state index contributed by atoms with van der Waals surface area (Å²) in [4.78, 5) is 25.3. The molecular formula is C23H28N2O7S. The van der Waals surface area contributed by atoms with Crippen LogP contribution >= 0.6 is 11.8 Å². The highest BCUT2D eigenvalue weighted by atomic mass is 32.2. The Hall–Kier alpha value is -3.05. The molecule has 0 fully saturated rings. The topological polar surface area (TPSA) is 126 Å². The van der Waals surface area contributed by atoms with Gasteiger partial charge >= 0.3 is 6.09 Å². The molecule has 0 aliphatic carbocycles. The van der Waals surface area contributed by atoms with E-state index in [1.807, 2.05) is 18.4 Å². The zero-order chi connectivity index (χ0) is 24.1. The van der Waals surface area contributed by atoms with Crippen molar-refractivity contribution in [2.75, 3.05) is 31.4 Å². The molecule has 2 amide bonds. The third-order valence-corrected chi connectivity index (χ3v) is 5.09. The van der Waals surface area contributed by atoms with Crippen molar-refractivity contribution in [2.45, 2.75) is 24.0 Å². The fourth-order valence-electron chi connectivity index (χ4n) is 2.90. The second-order valence-corrected chi connectivity index (χ2v) is 7.42. The summed E-state index contributed by atoms with van der Waals surface area (Å²) in [6, 6.07) is 14.1. The summed E-state index contributed by atoms with van der Waals surface area (Å²) in [7, 11) is 0. The molecule has 0 bridgehead atoms. The molecule has 2 aromatic carbocycles. The number of benzene rings is 2. The first kappa shape index (κ1) is 26.2. The normalized spacial score (nSPS) is 12.7. The Kier molecular flexibility index (Phi) is 11.3. The molecule has 0 radical (unpaired) electrons. The van der Waals surface area contributed by atoms with Crippen molar-refractivity contribution >= 4 is 29.4 Å². The molecule has 0 saturated heterocycles. The van der Waals surface area contributed by atoms with Crippen molar-refractivity contribution < 1.29 is 34.1 Å². The molecule has 4 N–H and O–H groups in total. The lowest BCUT2D eigenvalue weighted by Crippen LogP contribution is -2.28. The molecule has 0 saturated carbocycles. The summed E-state index contributed by atoms with van der Waals surface area (Å²) in [5.74, 6) is -0.375. The highest BCUT2D eigenvalue weighted by Gasteiger charge is 2.29. The van der Waals surface area contributed by atoms with E-state index in [4.69, 9.17) is 24.5 Å². The molecule has 0 aliphatic rings. The summed E-state index contributed by atoms with van der Waals surface area (Å²) in [6.45, 7) is 1.86. The molecule has 0 spiro atoms. The van der Waals surface area contributed by atoms with Gasteiger partial charge in [-0.15, -0.1) is 11.8 Å². The predicted molar refractivity (Wildman–Crippen MR) is 125 cm³/mol. The van der Waals surface area contributed by atoms with Crippen molar-refractivity contribution in [3.63, 3.8) is 0 Å². The van der Waals surface area contributed by atoms with Gasteiger partial charge in [-0.1, -0.05) is 18.2 Å². The average molecular weight is 477 g/mol. The van der Waals surface area contributed by atoms with E-state index in [0.29, 0.717) is 17.0 Å². The number of nitrogens with one attached hydrogen (secondary N) is 2. The number of hydroxylamine groups is 1. The summed E-state index contributed by atoms with van der Waals surface area (Å²) in [6.07, 6.45) is 1.79. The number of carbonyl (C=O) groups is 2. The number of ether oxygens (including phenoxy) is 3. The van der Waals surface area contributed by atoms with Crippen LogP contribution in [0.25, 0.3) is 0 Å². The zero-order valence-electron chi connectivity index (χ0n) is 18.4. The van der Waals surface area contributed by atoms with Crippen LogP contribution in [-0.4, -0.2) is 54.5 Å². The number of hydrogen-bond acceptors (Lipinski definition) is 8. The highest BCUT2D eigenvalue weighted by molar-refractivity contribution is 7.98. The van der Waals surface area contributed by atoms with E-state index in [1.54, 1.807) is 55.1 Å². The predicted octanol–water partition coefficient (Wildman–Crippen LogP) is 3.54. The van der Waals surface area contributed by atoms with Crippen LogP contribution in [0.1, 0.15) is 18.6 Å². The number of rotatable bonds is 12. The van der Waals surface area contributed by atoms with Crippen LogP contribution < -0.4 is 15.5 Å². The monoisotopic (exact) mass is 476 g/mol. The fourth-order valence-corrected chi connectivity index (χ4v) is 3.31. The molecule has 2 rings (SSSR count). The van der Waals surface area contributed by atoms with Crippen molar-refractivity contribution in [3.05, 3.63) is 66.2 Å². The van der Waals surface area contributed by atoms with Gasteiger partial charge < -0.3 is 19.3 Å². The van der Waals surface area contributed by atoms with Crippen LogP contribution in [0.2, 0.25) is 0 Å². The maximum atomic E-state index is 12.8. The minimum absolute atomic E-state index is 0.0414. The second-order valence-electron chi connectivity index (χ2n) is 6.54. The summed E-state index contributed by atoms with van der Waals surface area (Å²) >= 11 is 1.58. The van der Waals surface area contributed by atoms with Crippen LogP contribution in [-0.2, 0) is 14.3 Å². The standard InChI is InChI=1S/C23H28N2O7S/c1-3-30-20(12-13-21(27)25-29)22(18-6-4-5-7-19(18)31-15-14-26)32-23(28)24-16-8-10-17(33-2)11-9-16/h4-13,20,22,26,29H,3,14-15H2,1-2H3,(H,24,28)(H,25,27)/b13-12+/t20-,22-/m0/s1. The number of aliphatic hydroxyl groups is 1. The Morgan fingerprint density at radius 3 is 2.52 bits per heavy atom. The molecular weight excluding hydrogens is 448 g/mol. The van der Waals surface area contributed by atoms with Gasteiger partial charge in [0.15, 0.2) is 6.10 Å². The van der Waals surface area contributed by atoms with E-state index >= 15 is 0 Å². The van der Waals surface area contributed by atoms with Gasteiger partial charge in [-0.25, -0.2) is 10.3 Å². The molecule has 0 heterocycles. The van der Waals surface area contributed by atoms with Crippen LogP contribution in [0.3, 0.4) is 0 Å². The van der Waals surface area contributed by atoms with Crippen LogP contribution in [0.15, 0.2) is 65.6 Å². The first-order valence-electron chi connectivity index (χ1n) is 10.2. The summed E-state index contributed by atoms with van der Waals surface area (Å²) in [5, 5.41) is 20.6. The lowest BCUT2D eigenvalue weighted by Gasteiger charge is -2.27. The average Bonchev–Trinajstić information content (AvgIpc) is 2.84. The number of para-hydroxylation sites is 1. The number of carbonyl (C=O) groups excluding carboxylic acids is 2. The lowest BCUT2D eigenvalue weighted by molar-refractivity contribution is -0.124.